The van der Waals surface area contributed by atoms with Gasteiger partial charge in [-0.05, 0) is 39.0 Å². The molecule has 1 amide bonds. The first-order valence-corrected chi connectivity index (χ1v) is 8.35. The van der Waals surface area contributed by atoms with Gasteiger partial charge in [-0.3, -0.25) is 4.79 Å². The largest absolute Gasteiger partial charge is 0.375 e. The first-order valence-electron chi connectivity index (χ1n) is 8.35. The number of nitrogens with one attached hydrogen (secondary N) is 1. The molecule has 0 rings (SSSR count). The van der Waals surface area contributed by atoms with Gasteiger partial charge in [0.15, 0.2) is 5.83 Å². The number of amides is 1. The third-order valence-corrected chi connectivity index (χ3v) is 3.56. The second-order valence-electron chi connectivity index (χ2n) is 5.78. The third kappa shape index (κ3) is 8.56. The lowest BCUT2D eigenvalue weighted by molar-refractivity contribution is -0.117. The van der Waals surface area contributed by atoms with E-state index in [9.17, 15) is 9.18 Å². The maximum absolute atomic E-state index is 13.4. The fraction of sp³-hybridized carbons (Fsp3) is 0.632. The normalized spacial score (nSPS) is 12.9. The molecule has 0 saturated heterocycles. The Balaban J connectivity index is 4.31. The van der Waals surface area contributed by atoms with Crippen molar-refractivity contribution in [2.45, 2.75) is 65.4 Å². The Kier molecular flexibility index (Phi) is 11.1. The van der Waals surface area contributed by atoms with Crippen LogP contribution in [0, 0.1) is 12.3 Å². The smallest absolute Gasteiger partial charge is 0.254 e. The summed E-state index contributed by atoms with van der Waals surface area (Å²) in [6.45, 7) is 9.11. The number of hydrogen-bond acceptors (Lipinski definition) is 2. The molecule has 0 atom stereocenters. The summed E-state index contributed by atoms with van der Waals surface area (Å²) in [6, 6.07) is 0. The summed E-state index contributed by atoms with van der Waals surface area (Å²) in [5, 5.41) is 2.67. The van der Waals surface area contributed by atoms with Crippen LogP contribution in [0.25, 0.3) is 0 Å². The molecule has 4 heteroatoms. The Morgan fingerprint density at radius 3 is 2.43 bits per heavy atom. The van der Waals surface area contributed by atoms with Crippen molar-refractivity contribution in [3.8, 4) is 12.3 Å². The van der Waals surface area contributed by atoms with Gasteiger partial charge in [-0.15, -0.1) is 6.42 Å². The number of hydrogen-bond donors (Lipinski definition) is 1. The summed E-state index contributed by atoms with van der Waals surface area (Å²) >= 11 is 0. The van der Waals surface area contributed by atoms with Crippen LogP contribution >= 0.6 is 0 Å². The summed E-state index contributed by atoms with van der Waals surface area (Å²) in [6.07, 6.45) is 12.8. The number of halogens is 1. The molecule has 0 spiro atoms. The van der Waals surface area contributed by atoms with Gasteiger partial charge >= 0.3 is 0 Å². The molecule has 0 fully saturated rings. The molecule has 0 bridgehead atoms. The Morgan fingerprint density at radius 1 is 1.35 bits per heavy atom. The van der Waals surface area contributed by atoms with Crippen LogP contribution in [0.5, 0.6) is 0 Å². The standard InChI is InChI=1S/C19H30FNO2/c1-6-11-16(17(20)9-4)18(22)21-14-10-15-23-19(5,12-7-2)13-8-3/h4,6,11H,7-8,10,12-15H2,1-3,5H3,(H,21,22)/b11-6-,17-16-. The zero-order valence-electron chi connectivity index (χ0n) is 14.9. The molecular weight excluding hydrogens is 293 g/mol. The SMILES string of the molecule is C#C/C(F)=C(\C=C/C)C(=O)NCCCOC(C)(CCC)CCC. The topological polar surface area (TPSA) is 38.3 Å². The molecule has 0 heterocycles. The van der Waals surface area contributed by atoms with Crippen LogP contribution in [-0.2, 0) is 9.53 Å². The average Bonchev–Trinajstić information content (AvgIpc) is 2.51. The molecule has 0 saturated carbocycles. The summed E-state index contributed by atoms with van der Waals surface area (Å²) in [7, 11) is 0. The van der Waals surface area contributed by atoms with E-state index in [4.69, 9.17) is 11.2 Å². The minimum absolute atomic E-state index is 0.0981. The van der Waals surface area contributed by atoms with Crippen molar-refractivity contribution in [2.75, 3.05) is 13.2 Å². The lowest BCUT2D eigenvalue weighted by Crippen LogP contribution is -2.31. The highest BCUT2D eigenvalue weighted by Crippen LogP contribution is 2.23. The molecule has 0 radical (unpaired) electrons. The van der Waals surface area contributed by atoms with Crippen LogP contribution in [-0.4, -0.2) is 24.7 Å². The van der Waals surface area contributed by atoms with Gasteiger partial charge < -0.3 is 10.1 Å². The van der Waals surface area contributed by atoms with E-state index in [1.807, 2.05) is 5.92 Å². The summed E-state index contributed by atoms with van der Waals surface area (Å²) in [5.74, 6) is 0.508. The molecule has 0 aromatic rings. The molecule has 1 N–H and O–H groups in total. The summed E-state index contributed by atoms with van der Waals surface area (Å²) in [5.41, 5.74) is -0.211. The Hall–Kier alpha value is -1.60. The maximum Gasteiger partial charge on any atom is 0.254 e. The van der Waals surface area contributed by atoms with Crippen molar-refractivity contribution in [3.05, 3.63) is 23.6 Å². The zero-order valence-corrected chi connectivity index (χ0v) is 14.9. The van der Waals surface area contributed by atoms with Gasteiger partial charge in [-0.1, -0.05) is 38.8 Å². The third-order valence-electron chi connectivity index (χ3n) is 3.56. The Labute approximate surface area is 140 Å². The van der Waals surface area contributed by atoms with E-state index in [1.54, 1.807) is 13.0 Å². The van der Waals surface area contributed by atoms with Crippen molar-refractivity contribution in [1.29, 1.82) is 0 Å². The summed E-state index contributed by atoms with van der Waals surface area (Å²) < 4.78 is 19.4. The van der Waals surface area contributed by atoms with Crippen LogP contribution in [0.2, 0.25) is 0 Å². The van der Waals surface area contributed by atoms with Crippen molar-refractivity contribution in [3.63, 3.8) is 0 Å². The van der Waals surface area contributed by atoms with Crippen LogP contribution in [0.4, 0.5) is 4.39 Å². The van der Waals surface area contributed by atoms with E-state index in [0.717, 1.165) is 25.7 Å². The number of ether oxygens (including phenoxy) is 1. The minimum Gasteiger partial charge on any atom is -0.375 e. The molecule has 23 heavy (non-hydrogen) atoms. The van der Waals surface area contributed by atoms with Crippen molar-refractivity contribution in [1.82, 2.24) is 5.32 Å². The highest BCUT2D eigenvalue weighted by atomic mass is 19.1. The number of terminal acetylenes is 1. The minimum atomic E-state index is -0.852. The lowest BCUT2D eigenvalue weighted by Gasteiger charge is -2.29. The Morgan fingerprint density at radius 2 is 1.96 bits per heavy atom. The molecule has 3 nitrogen and oxygen atoms in total. The number of allylic oxidation sites excluding steroid dienone is 2. The molecule has 0 aliphatic heterocycles. The lowest BCUT2D eigenvalue weighted by atomic mass is 9.95. The van der Waals surface area contributed by atoms with Gasteiger partial charge in [-0.25, -0.2) is 0 Å². The van der Waals surface area contributed by atoms with E-state index in [2.05, 4.69) is 26.1 Å². The molecule has 130 valence electrons. The highest BCUT2D eigenvalue weighted by Gasteiger charge is 2.22. The van der Waals surface area contributed by atoms with E-state index < -0.39 is 11.7 Å². The maximum atomic E-state index is 13.4. The number of carbonyl (C=O) groups excluding carboxylic acids is 1. The second kappa shape index (κ2) is 11.9. The van der Waals surface area contributed by atoms with Crippen LogP contribution < -0.4 is 5.32 Å². The van der Waals surface area contributed by atoms with Gasteiger partial charge in [0.05, 0.1) is 11.2 Å². The molecule has 0 unspecified atom stereocenters. The van der Waals surface area contributed by atoms with Gasteiger partial charge in [0.1, 0.15) is 0 Å². The first-order chi connectivity index (χ1) is 10.9. The molecule has 0 aromatic heterocycles. The predicted octanol–water partition coefficient (Wildman–Crippen LogP) is 4.30. The summed E-state index contributed by atoms with van der Waals surface area (Å²) in [4.78, 5) is 11.9. The molecule has 0 aliphatic rings. The second-order valence-corrected chi connectivity index (χ2v) is 5.78. The van der Waals surface area contributed by atoms with Crippen molar-refractivity contribution in [2.24, 2.45) is 0 Å². The fourth-order valence-electron chi connectivity index (χ4n) is 2.51. The van der Waals surface area contributed by atoms with Crippen LogP contribution in [0.1, 0.15) is 59.8 Å². The van der Waals surface area contributed by atoms with E-state index in [1.165, 1.54) is 6.08 Å². The van der Waals surface area contributed by atoms with Gasteiger partial charge in [0.2, 0.25) is 0 Å². The first kappa shape index (κ1) is 21.4. The van der Waals surface area contributed by atoms with Crippen LogP contribution in [0.3, 0.4) is 0 Å². The van der Waals surface area contributed by atoms with E-state index >= 15 is 0 Å². The predicted molar refractivity (Wildman–Crippen MR) is 93.6 cm³/mol. The fourth-order valence-corrected chi connectivity index (χ4v) is 2.51. The van der Waals surface area contributed by atoms with Crippen molar-refractivity contribution >= 4 is 5.91 Å². The quantitative estimate of drug-likeness (QED) is 0.266. The van der Waals surface area contributed by atoms with Gasteiger partial charge in [0.25, 0.3) is 5.91 Å². The van der Waals surface area contributed by atoms with E-state index in [-0.39, 0.29) is 11.2 Å². The molecule has 0 aliphatic carbocycles. The number of carbonyl (C=O) groups is 1. The monoisotopic (exact) mass is 323 g/mol. The number of rotatable bonds is 11. The zero-order chi connectivity index (χ0) is 17.7. The Bertz CT molecular complexity index is 454. The van der Waals surface area contributed by atoms with Crippen molar-refractivity contribution < 1.29 is 13.9 Å². The highest BCUT2D eigenvalue weighted by molar-refractivity contribution is 5.97. The average molecular weight is 323 g/mol. The van der Waals surface area contributed by atoms with Gasteiger partial charge in [0, 0.05) is 13.2 Å². The van der Waals surface area contributed by atoms with E-state index in [0.29, 0.717) is 19.6 Å². The molecular formula is C19H30FNO2. The molecule has 0 aromatic carbocycles. The van der Waals surface area contributed by atoms with Crippen LogP contribution in [0.15, 0.2) is 23.6 Å². The van der Waals surface area contributed by atoms with Gasteiger partial charge in [-0.2, -0.15) is 4.39 Å².